The molecule has 2 heterocycles. The Bertz CT molecular complexity index is 470. The first kappa shape index (κ1) is 15.9. The van der Waals surface area contributed by atoms with Crippen molar-refractivity contribution < 1.29 is 4.74 Å². The predicted molar refractivity (Wildman–Crippen MR) is 87.4 cm³/mol. The fourth-order valence-corrected chi connectivity index (χ4v) is 2.86. The molecule has 0 bridgehead atoms. The second-order valence-corrected chi connectivity index (χ2v) is 6.35. The average Bonchev–Trinajstić information content (AvgIpc) is 2.57. The molecule has 6 nitrogen and oxygen atoms in total. The highest BCUT2D eigenvalue weighted by Crippen LogP contribution is 2.24. The van der Waals surface area contributed by atoms with E-state index in [2.05, 4.69) is 56.5 Å². The van der Waals surface area contributed by atoms with Crippen molar-refractivity contribution >= 4 is 28.4 Å². The van der Waals surface area contributed by atoms with Crippen LogP contribution in [0.4, 0.5) is 5.82 Å². The standard InChI is InChI=1S/C13H22IN5O/c1-18-5-4-6-19(2)10(7-18)13-16-9(8-20-3)11(14)12(15)17-13/h10H,4-8H2,1-3H3,(H2,15,16,17). The zero-order valence-electron chi connectivity index (χ0n) is 12.3. The zero-order chi connectivity index (χ0) is 14.7. The molecule has 1 fully saturated rings. The summed E-state index contributed by atoms with van der Waals surface area (Å²) in [5, 5.41) is 0. The van der Waals surface area contributed by atoms with Crippen LogP contribution in [0.15, 0.2) is 0 Å². The van der Waals surface area contributed by atoms with Crippen LogP contribution in [-0.4, -0.2) is 60.6 Å². The van der Waals surface area contributed by atoms with E-state index in [0.29, 0.717) is 12.4 Å². The molecule has 2 rings (SSSR count). The first-order valence-corrected chi connectivity index (χ1v) is 7.80. The van der Waals surface area contributed by atoms with Crippen LogP contribution in [0.3, 0.4) is 0 Å². The summed E-state index contributed by atoms with van der Waals surface area (Å²) in [7, 11) is 5.93. The number of likely N-dealkylation sites (N-methyl/N-ethyl adjacent to an activating group) is 2. The van der Waals surface area contributed by atoms with Crippen molar-refractivity contribution in [1.29, 1.82) is 0 Å². The van der Waals surface area contributed by atoms with Gasteiger partial charge in [-0.25, -0.2) is 9.97 Å². The first-order valence-electron chi connectivity index (χ1n) is 6.72. The number of hydrogen-bond acceptors (Lipinski definition) is 6. The van der Waals surface area contributed by atoms with Gasteiger partial charge in [-0.2, -0.15) is 0 Å². The maximum Gasteiger partial charge on any atom is 0.149 e. The normalized spacial score (nSPS) is 21.9. The lowest BCUT2D eigenvalue weighted by molar-refractivity contribution is 0.178. The van der Waals surface area contributed by atoms with E-state index >= 15 is 0 Å². The second-order valence-electron chi connectivity index (χ2n) is 5.27. The van der Waals surface area contributed by atoms with Crippen LogP contribution in [0.5, 0.6) is 0 Å². The Morgan fingerprint density at radius 1 is 1.35 bits per heavy atom. The van der Waals surface area contributed by atoms with Gasteiger partial charge in [-0.1, -0.05) is 0 Å². The molecule has 0 radical (unpaired) electrons. The van der Waals surface area contributed by atoms with Crippen LogP contribution >= 0.6 is 22.6 Å². The molecule has 7 heteroatoms. The second kappa shape index (κ2) is 6.97. The number of methoxy groups -OCH3 is 1. The van der Waals surface area contributed by atoms with Gasteiger partial charge in [0.1, 0.15) is 11.6 Å². The predicted octanol–water partition coefficient (Wildman–Crippen LogP) is 1.12. The summed E-state index contributed by atoms with van der Waals surface area (Å²) in [5.41, 5.74) is 6.90. The maximum atomic E-state index is 6.03. The number of ether oxygens (including phenoxy) is 1. The number of halogens is 1. The third kappa shape index (κ3) is 3.57. The zero-order valence-corrected chi connectivity index (χ0v) is 14.4. The summed E-state index contributed by atoms with van der Waals surface area (Å²) in [6, 6.07) is 0.178. The number of rotatable bonds is 3. The van der Waals surface area contributed by atoms with E-state index in [9.17, 15) is 0 Å². The van der Waals surface area contributed by atoms with E-state index in [1.807, 2.05) is 0 Å². The van der Waals surface area contributed by atoms with Crippen molar-refractivity contribution in [2.75, 3.05) is 46.6 Å². The molecule has 2 N–H and O–H groups in total. The third-order valence-corrected chi connectivity index (χ3v) is 4.78. The van der Waals surface area contributed by atoms with Crippen molar-refractivity contribution in [3.05, 3.63) is 15.1 Å². The lowest BCUT2D eigenvalue weighted by Crippen LogP contribution is -2.32. The van der Waals surface area contributed by atoms with Gasteiger partial charge in [0.05, 0.1) is 21.9 Å². The molecule has 0 aromatic carbocycles. The Kier molecular flexibility index (Phi) is 5.53. The molecule has 1 aliphatic heterocycles. The van der Waals surface area contributed by atoms with Gasteiger partial charge in [-0.15, -0.1) is 0 Å². The van der Waals surface area contributed by atoms with Crippen LogP contribution in [0, 0.1) is 3.57 Å². The molecule has 1 aromatic rings. The van der Waals surface area contributed by atoms with Crippen molar-refractivity contribution in [3.8, 4) is 0 Å². The van der Waals surface area contributed by atoms with Gasteiger partial charge in [-0.3, -0.25) is 4.90 Å². The summed E-state index contributed by atoms with van der Waals surface area (Å²) in [5.74, 6) is 1.34. The number of nitrogens with two attached hydrogens (primary N) is 1. The Morgan fingerprint density at radius 2 is 2.10 bits per heavy atom. The van der Waals surface area contributed by atoms with Crippen LogP contribution in [0.25, 0.3) is 0 Å². The summed E-state index contributed by atoms with van der Waals surface area (Å²) >= 11 is 2.18. The molecular weight excluding hydrogens is 369 g/mol. The van der Waals surface area contributed by atoms with Gasteiger partial charge in [0, 0.05) is 13.7 Å². The number of nitrogens with zero attached hydrogens (tertiary/aromatic N) is 4. The van der Waals surface area contributed by atoms with Crippen molar-refractivity contribution in [1.82, 2.24) is 19.8 Å². The molecule has 1 atom stereocenters. The molecule has 0 amide bonds. The van der Waals surface area contributed by atoms with Gasteiger partial charge < -0.3 is 15.4 Å². The lowest BCUT2D eigenvalue weighted by atomic mass is 10.2. The van der Waals surface area contributed by atoms with Gasteiger partial charge in [-0.05, 0) is 56.2 Å². The molecule has 1 saturated heterocycles. The minimum absolute atomic E-state index is 0.178. The fourth-order valence-electron chi connectivity index (χ4n) is 2.46. The minimum Gasteiger partial charge on any atom is -0.383 e. The summed E-state index contributed by atoms with van der Waals surface area (Å²) in [6.07, 6.45) is 1.16. The van der Waals surface area contributed by atoms with Crippen molar-refractivity contribution in [2.24, 2.45) is 0 Å². The Hall–Kier alpha value is -0.510. The minimum atomic E-state index is 0.178. The number of hydrogen-bond donors (Lipinski definition) is 1. The monoisotopic (exact) mass is 391 g/mol. The van der Waals surface area contributed by atoms with Crippen LogP contribution < -0.4 is 5.73 Å². The molecule has 1 aliphatic rings. The molecule has 20 heavy (non-hydrogen) atoms. The van der Waals surface area contributed by atoms with Gasteiger partial charge >= 0.3 is 0 Å². The van der Waals surface area contributed by atoms with E-state index in [-0.39, 0.29) is 6.04 Å². The van der Waals surface area contributed by atoms with E-state index < -0.39 is 0 Å². The smallest absolute Gasteiger partial charge is 0.149 e. The van der Waals surface area contributed by atoms with Gasteiger partial charge in [0.25, 0.3) is 0 Å². The molecule has 112 valence electrons. The van der Waals surface area contributed by atoms with Crippen molar-refractivity contribution in [2.45, 2.75) is 19.1 Å². The highest BCUT2D eigenvalue weighted by molar-refractivity contribution is 14.1. The summed E-state index contributed by atoms with van der Waals surface area (Å²) < 4.78 is 6.09. The lowest BCUT2D eigenvalue weighted by Gasteiger charge is -2.26. The summed E-state index contributed by atoms with van der Waals surface area (Å²) in [4.78, 5) is 13.8. The van der Waals surface area contributed by atoms with E-state index in [0.717, 1.165) is 41.1 Å². The Balaban J connectivity index is 2.34. The number of aromatic nitrogens is 2. The maximum absolute atomic E-state index is 6.03. The van der Waals surface area contributed by atoms with Gasteiger partial charge in [0.15, 0.2) is 0 Å². The fraction of sp³-hybridized carbons (Fsp3) is 0.692. The topological polar surface area (TPSA) is 67.5 Å². The molecule has 0 aliphatic carbocycles. The molecule has 1 unspecified atom stereocenters. The van der Waals surface area contributed by atoms with E-state index in [1.165, 1.54) is 0 Å². The third-order valence-electron chi connectivity index (χ3n) is 3.61. The SMILES string of the molecule is COCc1nc(C2CN(C)CCCN2C)nc(N)c1I. The molecule has 0 saturated carbocycles. The Morgan fingerprint density at radius 3 is 2.80 bits per heavy atom. The largest absolute Gasteiger partial charge is 0.383 e. The Labute approximate surface area is 133 Å². The van der Waals surface area contributed by atoms with Crippen LogP contribution in [0.2, 0.25) is 0 Å². The molecular formula is C13H22IN5O. The highest BCUT2D eigenvalue weighted by Gasteiger charge is 2.25. The first-order chi connectivity index (χ1) is 9.52. The van der Waals surface area contributed by atoms with E-state index in [4.69, 9.17) is 10.5 Å². The number of anilines is 1. The van der Waals surface area contributed by atoms with Crippen molar-refractivity contribution in [3.63, 3.8) is 0 Å². The average molecular weight is 391 g/mol. The van der Waals surface area contributed by atoms with Gasteiger partial charge in [0.2, 0.25) is 0 Å². The quantitative estimate of drug-likeness (QED) is 0.780. The van der Waals surface area contributed by atoms with Crippen LogP contribution in [-0.2, 0) is 11.3 Å². The summed E-state index contributed by atoms with van der Waals surface area (Å²) in [6.45, 7) is 3.53. The van der Waals surface area contributed by atoms with Crippen LogP contribution in [0.1, 0.15) is 24.0 Å². The molecule has 1 aromatic heterocycles. The highest BCUT2D eigenvalue weighted by atomic mass is 127. The van der Waals surface area contributed by atoms with E-state index in [1.54, 1.807) is 7.11 Å². The number of nitrogen functional groups attached to an aromatic ring is 1. The molecule has 0 spiro atoms.